The van der Waals surface area contributed by atoms with Crippen molar-refractivity contribution in [2.75, 3.05) is 41.3 Å². The molecule has 9 heteroatoms. The number of hydrogen-bond donors (Lipinski definition) is 1. The first-order valence-corrected chi connectivity index (χ1v) is 7.14. The van der Waals surface area contributed by atoms with E-state index in [-0.39, 0.29) is 49.3 Å². The standard InChI is InChI=1S/C10H20N2O.C4H6O2.C3H4O2.ClH.Na.H2/c1-9(2)10(13)11-7-6-8-12(3,4)5;1-3-4(5)6-2;1-2-3(4)5;;;/h1,6-8H2,2-5H3;3H,1H2,2H3;2H,1H2,(H,4,5);1H;;1H. The second-order valence-electron chi connectivity index (χ2n) is 5.60. The van der Waals surface area contributed by atoms with Gasteiger partial charge < -0.3 is 24.4 Å². The zero-order chi connectivity index (χ0) is 19.8. The predicted octanol–water partition coefficient (Wildman–Crippen LogP) is 1.31. The molecular weight excluding hydrogens is 371 g/mol. The molecule has 0 aromatic heterocycles. The van der Waals surface area contributed by atoms with Crippen molar-refractivity contribution in [3.63, 3.8) is 0 Å². The van der Waals surface area contributed by atoms with Crippen LogP contribution in [0.15, 0.2) is 42.5 Å². The summed E-state index contributed by atoms with van der Waals surface area (Å²) in [6.45, 7) is 13.0. The number of rotatable bonds is 7. The van der Waals surface area contributed by atoms with E-state index < -0.39 is 11.9 Å². The molecule has 7 nitrogen and oxygen atoms in total. The number of carboxylic acids is 1. The van der Waals surface area contributed by atoms with E-state index in [4.69, 9.17) is 5.11 Å². The molecule has 0 aliphatic heterocycles. The fourth-order valence-electron chi connectivity index (χ4n) is 0.944. The predicted molar refractivity (Wildman–Crippen MR) is 110 cm³/mol. The molecular formula is C17H33ClN2NaO5. The van der Waals surface area contributed by atoms with Crippen molar-refractivity contribution in [2.24, 2.45) is 4.99 Å². The number of carboxylic acid groups (broad SMARTS) is 1. The van der Waals surface area contributed by atoms with Gasteiger partial charge in [0.25, 0.3) is 0 Å². The van der Waals surface area contributed by atoms with Gasteiger partial charge in [-0.15, -0.1) is 12.4 Å². The molecule has 1 N–H and O–H groups in total. The first-order chi connectivity index (χ1) is 10.9. The third-order valence-electron chi connectivity index (χ3n) is 2.15. The van der Waals surface area contributed by atoms with Crippen LogP contribution in [0.5, 0.6) is 0 Å². The summed E-state index contributed by atoms with van der Waals surface area (Å²) in [5.74, 6) is -1.54. The summed E-state index contributed by atoms with van der Waals surface area (Å²) in [6, 6.07) is 0. The summed E-state index contributed by atoms with van der Waals surface area (Å²) in [7, 11) is 7.69. The van der Waals surface area contributed by atoms with Gasteiger partial charge in [0.1, 0.15) is 0 Å². The molecule has 0 saturated heterocycles. The van der Waals surface area contributed by atoms with Crippen molar-refractivity contribution >= 4 is 59.8 Å². The number of aliphatic carboxylic acids is 1. The van der Waals surface area contributed by atoms with E-state index >= 15 is 0 Å². The van der Waals surface area contributed by atoms with Crippen LogP contribution in [-0.2, 0) is 14.3 Å². The Bertz CT molecular complexity index is 467. The Morgan fingerprint density at radius 3 is 1.88 bits per heavy atom. The Labute approximate surface area is 186 Å². The van der Waals surface area contributed by atoms with E-state index in [1.165, 1.54) is 7.11 Å². The number of nitrogens with zero attached hydrogens (tertiary/aromatic N) is 2. The molecule has 0 fully saturated rings. The van der Waals surface area contributed by atoms with E-state index in [0.717, 1.165) is 29.6 Å². The van der Waals surface area contributed by atoms with E-state index in [1.54, 1.807) is 6.92 Å². The Morgan fingerprint density at radius 1 is 1.27 bits per heavy atom. The van der Waals surface area contributed by atoms with Crippen LogP contribution in [0.4, 0.5) is 0 Å². The maximum atomic E-state index is 11.0. The molecule has 0 spiro atoms. The van der Waals surface area contributed by atoms with Crippen LogP contribution in [0.2, 0.25) is 0 Å². The number of carbonyl (C=O) groups is 2. The summed E-state index contributed by atoms with van der Waals surface area (Å²) in [6.07, 6.45) is 2.89. The van der Waals surface area contributed by atoms with Crippen LogP contribution in [0, 0.1) is 0 Å². The van der Waals surface area contributed by atoms with E-state index in [9.17, 15) is 14.7 Å². The molecule has 0 atom stereocenters. The fraction of sp³-hybridized carbons (Fsp3) is 0.471. The number of ether oxygens (including phenoxy) is 1. The molecule has 0 aliphatic carbocycles. The summed E-state index contributed by atoms with van der Waals surface area (Å²) >= 11 is 0. The molecule has 0 aliphatic rings. The van der Waals surface area contributed by atoms with Crippen LogP contribution in [0.3, 0.4) is 0 Å². The molecule has 0 aromatic rings. The molecule has 0 unspecified atom stereocenters. The van der Waals surface area contributed by atoms with Crippen molar-refractivity contribution in [3.8, 4) is 0 Å². The Morgan fingerprint density at radius 2 is 1.69 bits per heavy atom. The largest absolute Gasteiger partial charge is 0.859 e. The summed E-state index contributed by atoms with van der Waals surface area (Å²) < 4.78 is 5.06. The molecule has 0 bridgehead atoms. The molecule has 149 valence electrons. The van der Waals surface area contributed by atoms with Crippen molar-refractivity contribution < 1.29 is 30.4 Å². The smallest absolute Gasteiger partial charge is 0.329 e. The molecule has 0 heterocycles. The second kappa shape index (κ2) is 21.9. The molecule has 1 radical (unpaired) electrons. The minimum absolute atomic E-state index is 0. The molecule has 0 aromatic carbocycles. The topological polar surface area (TPSA) is 99.0 Å². The van der Waals surface area contributed by atoms with Gasteiger partial charge in [0.15, 0.2) is 0 Å². The molecule has 0 rings (SSSR count). The van der Waals surface area contributed by atoms with Gasteiger partial charge in [-0.1, -0.05) is 19.7 Å². The van der Waals surface area contributed by atoms with Gasteiger partial charge in [-0.05, 0) is 18.4 Å². The van der Waals surface area contributed by atoms with Gasteiger partial charge in [-0.2, -0.15) is 0 Å². The van der Waals surface area contributed by atoms with Gasteiger partial charge in [-0.25, -0.2) is 9.59 Å². The number of hydrogen-bond acceptors (Lipinski definition) is 5. The minimum atomic E-state index is -0.981. The number of methoxy groups -OCH3 is 1. The Hall–Kier alpha value is -1.12. The number of carbonyl (C=O) groups excluding carboxylic acids is 1. The number of esters is 1. The quantitative estimate of drug-likeness (QED) is 0.131. The van der Waals surface area contributed by atoms with Crippen molar-refractivity contribution in [2.45, 2.75) is 13.3 Å². The summed E-state index contributed by atoms with van der Waals surface area (Å²) in [5.41, 5.74) is 0.519. The summed E-state index contributed by atoms with van der Waals surface area (Å²) in [4.78, 5) is 23.0. The third-order valence-corrected chi connectivity index (χ3v) is 2.15. The van der Waals surface area contributed by atoms with Crippen LogP contribution in [0.25, 0.3) is 0 Å². The van der Waals surface area contributed by atoms with E-state index in [0.29, 0.717) is 12.1 Å². The van der Waals surface area contributed by atoms with Gasteiger partial charge in [0.05, 0.1) is 34.8 Å². The average molecular weight is 404 g/mol. The van der Waals surface area contributed by atoms with Gasteiger partial charge >= 0.3 is 11.9 Å². The second-order valence-corrected chi connectivity index (χ2v) is 5.60. The van der Waals surface area contributed by atoms with Crippen molar-refractivity contribution in [1.82, 2.24) is 0 Å². The molecule has 0 amide bonds. The Kier molecular flexibility index (Phi) is 30.3. The minimum Gasteiger partial charge on any atom is -0.859 e. The summed E-state index contributed by atoms with van der Waals surface area (Å²) in [5, 5.41) is 18.6. The zero-order valence-electron chi connectivity index (χ0n) is 16.8. The first kappa shape index (κ1) is 35.9. The van der Waals surface area contributed by atoms with Crippen molar-refractivity contribution in [1.29, 1.82) is 0 Å². The average Bonchev–Trinajstić information content (AvgIpc) is 2.50. The zero-order valence-corrected chi connectivity index (χ0v) is 19.6. The first-order valence-electron chi connectivity index (χ1n) is 7.14. The van der Waals surface area contributed by atoms with E-state index in [2.05, 4.69) is 50.6 Å². The molecule has 26 heavy (non-hydrogen) atoms. The van der Waals surface area contributed by atoms with Crippen molar-refractivity contribution in [3.05, 3.63) is 37.5 Å². The SMILES string of the molecule is C=C(C)C([O-])=NCCC[N+](C)(C)C.C=CC(=O)O.C=CC(=O)OC.Cl.[HH].[Na]. The number of quaternary nitrogens is 1. The number of halogens is 1. The van der Waals surface area contributed by atoms with Gasteiger partial charge in [0.2, 0.25) is 0 Å². The monoisotopic (exact) mass is 403 g/mol. The Balaban J connectivity index is -0.0000000670. The van der Waals surface area contributed by atoms with Crippen LogP contribution in [0.1, 0.15) is 14.8 Å². The van der Waals surface area contributed by atoms with Crippen LogP contribution < -0.4 is 5.11 Å². The molecule has 0 saturated carbocycles. The number of aliphatic imine (C=N–C) groups is 1. The third kappa shape index (κ3) is 38.4. The van der Waals surface area contributed by atoms with Crippen LogP contribution in [-0.4, -0.2) is 98.3 Å². The van der Waals surface area contributed by atoms with Gasteiger partial charge in [0, 0.05) is 56.1 Å². The van der Waals surface area contributed by atoms with E-state index in [1.807, 2.05) is 0 Å². The maximum absolute atomic E-state index is 11.0. The van der Waals surface area contributed by atoms with Gasteiger partial charge in [-0.3, -0.25) is 0 Å². The maximum Gasteiger partial charge on any atom is 0.329 e. The van der Waals surface area contributed by atoms with Crippen LogP contribution >= 0.6 is 12.4 Å². The fourth-order valence-corrected chi connectivity index (χ4v) is 0.944. The normalized spacial score (nSPS) is 9.35.